The van der Waals surface area contributed by atoms with Gasteiger partial charge in [-0.05, 0) is 92.3 Å². The number of benzene rings is 3. The summed E-state index contributed by atoms with van der Waals surface area (Å²) in [4.78, 5) is 157. The molecule has 5 heterocycles. The van der Waals surface area contributed by atoms with E-state index < -0.39 is 6.09 Å². The van der Waals surface area contributed by atoms with Crippen LogP contribution in [0.1, 0.15) is 148 Å². The van der Waals surface area contributed by atoms with Crippen LogP contribution in [0.5, 0.6) is 0 Å². The molecule has 0 bridgehead atoms. The van der Waals surface area contributed by atoms with Gasteiger partial charge in [-0.1, -0.05) is 80.1 Å². The molecule has 4 aliphatic rings. The maximum Gasteiger partial charge on any atom is 0.407 e. The van der Waals surface area contributed by atoms with Gasteiger partial charge >= 0.3 is 6.09 Å². The molecule has 3 aromatic carbocycles. The van der Waals surface area contributed by atoms with E-state index in [-0.39, 0.29) is 292 Å². The first-order chi connectivity index (χ1) is 68.7. The highest BCUT2D eigenvalue weighted by Gasteiger charge is 2.37. The van der Waals surface area contributed by atoms with Gasteiger partial charge in [-0.25, -0.2) is 14.9 Å². The SMILES string of the molecule is Cc1nnc(CNC(=O)CCOCCOCCOCCOCCNC(=O)c2ccc(/C=N/NC(=O)CCCCCN3C(=O)CC(C)C3=O)cc2)c2c1CCC[C@@H](OC(=O)NCCOCCOCCOCCN(CCOCCOCCOCCNC(=O)CCC(=O)N1Cc3ccccc3-c3c(nnn3C)-c3ccccc31)C(=O)CCOCCOCCOCCOCCNC(=O)CCN1C(=O)CC(C)C1=O)CC2. The number of hydrogen-bond donors (Lipinski definition) is 6. The molecule has 3 atom stereocenters. The summed E-state index contributed by atoms with van der Waals surface area (Å²) in [5.74, 6) is -2.99. The number of hydrogen-bond acceptors (Lipinski definition) is 32. The number of aromatic nitrogens is 5. The minimum absolute atomic E-state index is 0.0000282. The number of ether oxygens (including phenoxy) is 15. The molecule has 9 rings (SSSR count). The van der Waals surface area contributed by atoms with Crippen molar-refractivity contribution in [2.45, 2.75) is 143 Å². The van der Waals surface area contributed by atoms with Gasteiger partial charge in [0.05, 0.1) is 233 Å². The molecule has 0 saturated carbocycles. The molecule has 141 heavy (non-hydrogen) atoms. The van der Waals surface area contributed by atoms with Gasteiger partial charge in [-0.15, -0.1) is 5.10 Å². The van der Waals surface area contributed by atoms with E-state index in [0.717, 1.165) is 56.9 Å². The molecule has 0 radical (unpaired) electrons. The van der Waals surface area contributed by atoms with Crippen LogP contribution in [-0.4, -0.2) is 361 Å². The minimum atomic E-state index is -0.545. The maximum atomic E-state index is 13.9. The lowest BCUT2D eigenvalue weighted by molar-refractivity contribution is -0.141. The van der Waals surface area contributed by atoms with Crippen LogP contribution < -0.4 is 36.9 Å². The van der Waals surface area contributed by atoms with E-state index in [4.69, 9.17) is 71.1 Å². The first-order valence-corrected chi connectivity index (χ1v) is 48.9. The summed E-state index contributed by atoms with van der Waals surface area (Å²) in [6.45, 7) is 15.8. The third-order valence-corrected chi connectivity index (χ3v) is 23.2. The molecule has 2 unspecified atom stereocenters. The van der Waals surface area contributed by atoms with Crippen LogP contribution in [0.2, 0.25) is 0 Å². The number of anilines is 1. The first kappa shape index (κ1) is 113. The number of fused-ring (bicyclic) bond motifs is 6. The lowest BCUT2D eigenvalue weighted by Gasteiger charge is -2.28. The van der Waals surface area contributed by atoms with Crippen LogP contribution in [0.15, 0.2) is 77.9 Å². The highest BCUT2D eigenvalue weighted by Crippen LogP contribution is 2.41. The van der Waals surface area contributed by atoms with Crippen molar-refractivity contribution in [3.8, 4) is 22.5 Å². The predicted molar refractivity (Wildman–Crippen MR) is 512 cm³/mol. The van der Waals surface area contributed by atoms with Gasteiger partial charge in [0.1, 0.15) is 11.8 Å². The zero-order valence-corrected chi connectivity index (χ0v) is 81.9. The third kappa shape index (κ3) is 42.5. The molecule has 2 saturated heterocycles. The van der Waals surface area contributed by atoms with Gasteiger partial charge in [0.2, 0.25) is 59.1 Å². The van der Waals surface area contributed by atoms with Crippen LogP contribution >= 0.6 is 0 Å². The molecule has 3 aliphatic heterocycles. The Labute approximate surface area is 823 Å². The standard InChI is InChI=1S/C98H142N16O27/c1-72-67-91(121)112(96(72)124)35-11-5-6-19-88(118)107-104-69-75-20-22-76(23-21-75)95(123)101-33-43-131-51-59-140-65-63-135-55-47-127-39-29-87(117)103-70-83-81-25-24-78(14-12-17-79(81)74(3)105-106-83)141-98(126)102-34-44-132-52-60-138-62-54-134-46-38-111(89(119)30-40-128-48-56-136-64-66-139-58-50-130-42-32-100-86(116)28-36-113-92(122)68-73(2)97(113)125)37-45-133-53-61-137-57-49-129-41-31-99-85(115)26-27-90(120)114-71-77-13-7-8-15-80(77)94-93(108-109-110(94)4)82-16-9-10-18-84(82)114/h7-10,13,15-16,18,20-23,69,72-73,78H,5-6,11-12,14,17,19,24-68,70-71H2,1-4H3,(H,99,115)(H,100,116)(H,101,123)(H,102,126)(H,103,117)(H,107,118)/b104-69+/t72?,73?,78-/m1/s1. The Morgan fingerprint density at radius 1 is 0.461 bits per heavy atom. The summed E-state index contributed by atoms with van der Waals surface area (Å²) >= 11 is 0. The number of aryl methyl sites for hydroxylation is 2. The molecule has 5 aromatic rings. The second kappa shape index (κ2) is 66.6. The second-order valence-corrected chi connectivity index (χ2v) is 33.8. The number of imide groups is 2. The molecule has 0 spiro atoms. The smallest absolute Gasteiger partial charge is 0.407 e. The molecule has 43 heteroatoms. The van der Waals surface area contributed by atoms with Crippen molar-refractivity contribution in [2.24, 2.45) is 24.0 Å². The summed E-state index contributed by atoms with van der Waals surface area (Å²) in [5, 5.41) is 35.7. The normalized spacial score (nSPS) is 15.1. The molecule has 2 fully saturated rings. The Balaban J connectivity index is 0.553. The summed E-state index contributed by atoms with van der Waals surface area (Å²) < 4.78 is 87.0. The number of nitrogens with zero attached hydrogens (tertiary/aromatic N) is 10. The Kier molecular flexibility index (Phi) is 53.6. The van der Waals surface area contributed by atoms with Crippen LogP contribution in [0.25, 0.3) is 22.5 Å². The molecular weight excluding hydrogens is 1830 g/mol. The first-order valence-electron chi connectivity index (χ1n) is 48.9. The average molecular weight is 1980 g/mol. The Bertz CT molecular complexity index is 4720. The fraction of sp³-hybridized carbons (Fsp3) is 0.622. The number of carbonyl (C=O) groups excluding carboxylic acids is 12. The van der Waals surface area contributed by atoms with Crippen LogP contribution in [-0.2, 0) is 152 Å². The van der Waals surface area contributed by atoms with Crippen LogP contribution in [0, 0.1) is 18.8 Å². The predicted octanol–water partition coefficient (Wildman–Crippen LogP) is 4.25. The Morgan fingerprint density at radius 3 is 1.52 bits per heavy atom. The fourth-order valence-corrected chi connectivity index (χ4v) is 15.6. The van der Waals surface area contributed by atoms with Crippen LogP contribution in [0.4, 0.5) is 10.5 Å². The zero-order chi connectivity index (χ0) is 100. The molecule has 1 aliphatic carbocycles. The third-order valence-electron chi connectivity index (χ3n) is 23.2. The number of hydrazone groups is 1. The van der Waals surface area contributed by atoms with Gasteiger partial charge in [0, 0.05) is 133 Å². The molecule has 776 valence electrons. The van der Waals surface area contributed by atoms with E-state index in [2.05, 4.69) is 57.6 Å². The van der Waals surface area contributed by atoms with E-state index >= 15 is 0 Å². The van der Waals surface area contributed by atoms with E-state index in [1.165, 1.54) is 11.1 Å². The lowest BCUT2D eigenvalue weighted by atomic mass is 9.90. The van der Waals surface area contributed by atoms with Crippen molar-refractivity contribution in [2.75, 3.05) is 242 Å². The quantitative estimate of drug-likeness (QED) is 0.0137. The van der Waals surface area contributed by atoms with Gasteiger partial charge < -0.3 is 107 Å². The molecule has 2 aromatic heterocycles. The average Bonchev–Trinajstić information content (AvgIpc) is 1.67. The van der Waals surface area contributed by atoms with Crippen molar-refractivity contribution >= 4 is 83.0 Å². The van der Waals surface area contributed by atoms with E-state index in [9.17, 15) is 57.5 Å². The summed E-state index contributed by atoms with van der Waals surface area (Å²) in [7, 11) is 1.85. The fourth-order valence-electron chi connectivity index (χ4n) is 15.6. The number of rotatable bonds is 72. The number of nitrogens with one attached hydrogen (secondary N) is 6. The van der Waals surface area contributed by atoms with E-state index in [1.807, 2.05) is 62.5 Å². The summed E-state index contributed by atoms with van der Waals surface area (Å²) in [6, 6.07) is 22.2. The summed E-state index contributed by atoms with van der Waals surface area (Å²) in [5.41, 5.74) is 12.1. The topological polar surface area (TPSA) is 497 Å². The number of likely N-dealkylation sites (tertiary alicyclic amines) is 2. The Hall–Kier alpha value is -11.2. The van der Waals surface area contributed by atoms with Gasteiger partial charge in [-0.2, -0.15) is 15.3 Å². The molecule has 12 amide bonds. The van der Waals surface area contributed by atoms with Crippen molar-refractivity contribution in [1.82, 2.24) is 71.9 Å². The van der Waals surface area contributed by atoms with Gasteiger partial charge in [-0.3, -0.25) is 62.5 Å². The number of para-hydroxylation sites is 1. The largest absolute Gasteiger partial charge is 0.446 e. The van der Waals surface area contributed by atoms with Crippen LogP contribution in [0.3, 0.4) is 0 Å². The van der Waals surface area contributed by atoms with Gasteiger partial charge in [0.25, 0.3) is 5.91 Å². The van der Waals surface area contributed by atoms with Crippen molar-refractivity contribution in [1.29, 1.82) is 0 Å². The second-order valence-electron chi connectivity index (χ2n) is 33.8. The molecule has 43 nitrogen and oxygen atoms in total. The number of carbonyl (C=O) groups is 12. The monoisotopic (exact) mass is 1980 g/mol. The molecule has 6 N–H and O–H groups in total. The maximum absolute atomic E-state index is 13.9. The molecular formula is C98H142N16O27. The van der Waals surface area contributed by atoms with E-state index in [1.54, 1.807) is 52.6 Å². The summed E-state index contributed by atoms with van der Waals surface area (Å²) in [6.07, 6.45) is 6.81. The van der Waals surface area contributed by atoms with Crippen molar-refractivity contribution in [3.63, 3.8) is 0 Å². The van der Waals surface area contributed by atoms with Gasteiger partial charge in [0.15, 0.2) is 0 Å². The van der Waals surface area contributed by atoms with E-state index in [0.29, 0.717) is 159 Å². The minimum Gasteiger partial charge on any atom is -0.446 e. The van der Waals surface area contributed by atoms with Crippen molar-refractivity contribution in [3.05, 3.63) is 112 Å². The highest BCUT2D eigenvalue weighted by atomic mass is 16.6. The highest BCUT2D eigenvalue weighted by molar-refractivity contribution is 6.05. The number of unbranched alkanes of at least 4 members (excludes halogenated alkanes) is 2. The van der Waals surface area contributed by atoms with Crippen molar-refractivity contribution < 1.29 is 129 Å². The number of alkyl carbamates (subject to hydrolysis) is 1. The zero-order valence-electron chi connectivity index (χ0n) is 81.9. The Morgan fingerprint density at radius 2 is 0.957 bits per heavy atom. The lowest BCUT2D eigenvalue weighted by Crippen LogP contribution is -2.37. The number of amides is 12.